The Kier molecular flexibility index (Phi) is 4.29. The zero-order valence-corrected chi connectivity index (χ0v) is 10.5. The first-order valence-electron chi connectivity index (χ1n) is 5.46. The van der Waals surface area contributed by atoms with Crippen molar-refractivity contribution in [1.82, 2.24) is 5.32 Å². The molecule has 2 N–H and O–H groups in total. The first-order chi connectivity index (χ1) is 6.45. The third-order valence-corrected chi connectivity index (χ3v) is 4.45. The molecule has 3 heteroatoms. The summed E-state index contributed by atoms with van der Waals surface area (Å²) in [6.07, 6.45) is 6.07. The smallest absolute Gasteiger partial charge is 0.0741 e. The van der Waals surface area contributed by atoms with E-state index in [1.54, 1.807) is 0 Å². The minimum Gasteiger partial charge on any atom is -0.389 e. The van der Waals surface area contributed by atoms with Gasteiger partial charge in [0, 0.05) is 17.3 Å². The van der Waals surface area contributed by atoms with E-state index in [1.165, 1.54) is 19.3 Å². The lowest BCUT2D eigenvalue weighted by molar-refractivity contribution is 0.0403. The summed E-state index contributed by atoms with van der Waals surface area (Å²) in [6, 6.07) is 0.756. The van der Waals surface area contributed by atoms with Crippen molar-refractivity contribution in [3.8, 4) is 0 Å². The average molecular weight is 217 g/mol. The second-order valence-corrected chi connectivity index (χ2v) is 5.93. The number of hydrogen-bond donors (Lipinski definition) is 2. The van der Waals surface area contributed by atoms with Crippen molar-refractivity contribution in [1.29, 1.82) is 0 Å². The van der Waals surface area contributed by atoms with Crippen molar-refractivity contribution in [2.45, 2.75) is 63.0 Å². The highest BCUT2D eigenvalue weighted by molar-refractivity contribution is 7.99. The summed E-state index contributed by atoms with van der Waals surface area (Å²) in [7, 11) is 0. The Balaban J connectivity index is 2.43. The molecule has 1 saturated carbocycles. The highest BCUT2D eigenvalue weighted by atomic mass is 32.2. The minimum absolute atomic E-state index is 0.167. The van der Waals surface area contributed by atoms with Gasteiger partial charge in [-0.15, -0.1) is 0 Å². The molecule has 84 valence electrons. The molecule has 1 rings (SSSR count). The summed E-state index contributed by atoms with van der Waals surface area (Å²) in [6.45, 7) is 5.80. The summed E-state index contributed by atoms with van der Waals surface area (Å²) in [5, 5.41) is 14.1. The van der Waals surface area contributed by atoms with Gasteiger partial charge in [0.05, 0.1) is 5.60 Å². The highest BCUT2D eigenvalue weighted by Gasteiger charge is 2.31. The zero-order valence-electron chi connectivity index (χ0n) is 9.71. The molecule has 0 bridgehead atoms. The van der Waals surface area contributed by atoms with E-state index in [4.69, 9.17) is 0 Å². The average Bonchev–Trinajstić information content (AvgIpc) is 2.50. The van der Waals surface area contributed by atoms with Crippen LogP contribution >= 0.6 is 11.8 Å². The van der Waals surface area contributed by atoms with Crippen LogP contribution in [0, 0.1) is 0 Å². The first kappa shape index (κ1) is 12.3. The molecule has 1 fully saturated rings. The van der Waals surface area contributed by atoms with E-state index in [0.717, 1.165) is 5.25 Å². The molecule has 0 aliphatic heterocycles. The maximum Gasteiger partial charge on any atom is 0.0741 e. The first-order valence-corrected chi connectivity index (χ1v) is 6.75. The molecule has 0 radical (unpaired) electrons. The molecular formula is C11H23NOS. The van der Waals surface area contributed by atoms with Gasteiger partial charge in [-0.1, -0.05) is 6.42 Å². The lowest BCUT2D eigenvalue weighted by Crippen LogP contribution is -2.50. The Morgan fingerprint density at radius 1 is 1.43 bits per heavy atom. The van der Waals surface area contributed by atoms with Gasteiger partial charge >= 0.3 is 0 Å². The van der Waals surface area contributed by atoms with Crippen LogP contribution in [0.15, 0.2) is 0 Å². The van der Waals surface area contributed by atoms with Gasteiger partial charge < -0.3 is 10.4 Å². The molecule has 1 aliphatic carbocycles. The van der Waals surface area contributed by atoms with Crippen LogP contribution in [0.4, 0.5) is 0 Å². The fraction of sp³-hybridized carbons (Fsp3) is 1.00. The van der Waals surface area contributed by atoms with E-state index in [-0.39, 0.29) is 6.04 Å². The van der Waals surface area contributed by atoms with Gasteiger partial charge in [0.1, 0.15) is 0 Å². The Labute approximate surface area is 91.9 Å². The van der Waals surface area contributed by atoms with Gasteiger partial charge in [-0.05, 0) is 39.9 Å². The molecule has 3 atom stereocenters. The van der Waals surface area contributed by atoms with Crippen LogP contribution in [0.5, 0.6) is 0 Å². The van der Waals surface area contributed by atoms with Crippen LogP contribution in [0.3, 0.4) is 0 Å². The standard InChI is InChI=1S/C11H23NOS/c1-8(11(2,3)13)12-9-6-5-7-10(9)14-4/h8-10,12-13H,5-7H2,1-4H3. The summed E-state index contributed by atoms with van der Waals surface area (Å²) < 4.78 is 0. The lowest BCUT2D eigenvalue weighted by Gasteiger charge is -2.31. The molecule has 2 nitrogen and oxygen atoms in total. The van der Waals surface area contributed by atoms with E-state index in [1.807, 2.05) is 25.6 Å². The Morgan fingerprint density at radius 2 is 2.07 bits per heavy atom. The third kappa shape index (κ3) is 3.14. The zero-order chi connectivity index (χ0) is 10.8. The fourth-order valence-corrected chi connectivity index (χ4v) is 2.87. The van der Waals surface area contributed by atoms with Crippen molar-refractivity contribution in [2.24, 2.45) is 0 Å². The molecule has 0 aromatic heterocycles. The summed E-state index contributed by atoms with van der Waals surface area (Å²) >= 11 is 1.95. The molecule has 14 heavy (non-hydrogen) atoms. The lowest BCUT2D eigenvalue weighted by atomic mass is 9.99. The molecule has 0 aromatic rings. The van der Waals surface area contributed by atoms with Crippen molar-refractivity contribution < 1.29 is 5.11 Å². The predicted octanol–water partition coefficient (Wildman–Crippen LogP) is 2.02. The minimum atomic E-state index is -0.619. The molecule has 0 spiro atoms. The molecule has 3 unspecified atom stereocenters. The maximum absolute atomic E-state index is 9.84. The molecule has 1 aliphatic rings. The van der Waals surface area contributed by atoms with Crippen molar-refractivity contribution in [3.05, 3.63) is 0 Å². The molecule has 0 aromatic carbocycles. The van der Waals surface area contributed by atoms with Crippen LogP contribution < -0.4 is 5.32 Å². The summed E-state index contributed by atoms with van der Waals surface area (Å²) in [4.78, 5) is 0. The SMILES string of the molecule is CSC1CCCC1NC(C)C(C)(C)O. The van der Waals surface area contributed by atoms with E-state index in [2.05, 4.69) is 18.5 Å². The third-order valence-electron chi connectivity index (χ3n) is 3.28. The van der Waals surface area contributed by atoms with E-state index >= 15 is 0 Å². The Morgan fingerprint density at radius 3 is 2.57 bits per heavy atom. The van der Waals surface area contributed by atoms with Gasteiger partial charge in [-0.25, -0.2) is 0 Å². The number of thioether (sulfide) groups is 1. The van der Waals surface area contributed by atoms with Crippen LogP contribution in [-0.4, -0.2) is 34.3 Å². The topological polar surface area (TPSA) is 32.3 Å². The quantitative estimate of drug-likeness (QED) is 0.755. The van der Waals surface area contributed by atoms with Crippen LogP contribution in [-0.2, 0) is 0 Å². The van der Waals surface area contributed by atoms with Crippen molar-refractivity contribution >= 4 is 11.8 Å². The van der Waals surface area contributed by atoms with Gasteiger partial charge in [0.25, 0.3) is 0 Å². The normalized spacial score (nSPS) is 30.6. The second-order valence-electron chi connectivity index (χ2n) is 4.85. The van der Waals surface area contributed by atoms with E-state index < -0.39 is 5.60 Å². The van der Waals surface area contributed by atoms with E-state index in [0.29, 0.717) is 6.04 Å². The monoisotopic (exact) mass is 217 g/mol. The number of aliphatic hydroxyl groups is 1. The summed E-state index contributed by atoms with van der Waals surface area (Å²) in [5.74, 6) is 0. The molecule has 0 heterocycles. The van der Waals surface area contributed by atoms with Crippen LogP contribution in [0.2, 0.25) is 0 Å². The van der Waals surface area contributed by atoms with Crippen molar-refractivity contribution in [3.63, 3.8) is 0 Å². The second kappa shape index (κ2) is 4.86. The Bertz CT molecular complexity index is 179. The van der Waals surface area contributed by atoms with Crippen LogP contribution in [0.25, 0.3) is 0 Å². The van der Waals surface area contributed by atoms with E-state index in [9.17, 15) is 5.11 Å². The number of nitrogens with one attached hydrogen (secondary N) is 1. The number of rotatable bonds is 4. The Hall–Kier alpha value is 0.270. The largest absolute Gasteiger partial charge is 0.389 e. The van der Waals surface area contributed by atoms with Gasteiger partial charge in [-0.3, -0.25) is 0 Å². The fourth-order valence-electron chi connectivity index (χ4n) is 1.92. The highest BCUT2D eigenvalue weighted by Crippen LogP contribution is 2.29. The van der Waals surface area contributed by atoms with Gasteiger partial charge in [0.2, 0.25) is 0 Å². The molecule has 0 saturated heterocycles. The summed E-state index contributed by atoms with van der Waals surface area (Å²) in [5.41, 5.74) is -0.619. The molecular weight excluding hydrogens is 194 g/mol. The molecule has 0 amide bonds. The number of hydrogen-bond acceptors (Lipinski definition) is 3. The predicted molar refractivity (Wildman–Crippen MR) is 63.8 cm³/mol. The van der Waals surface area contributed by atoms with Gasteiger partial charge in [0.15, 0.2) is 0 Å². The maximum atomic E-state index is 9.84. The van der Waals surface area contributed by atoms with Crippen molar-refractivity contribution in [2.75, 3.05) is 6.26 Å². The van der Waals surface area contributed by atoms with Crippen LogP contribution in [0.1, 0.15) is 40.0 Å². The van der Waals surface area contributed by atoms with Gasteiger partial charge in [-0.2, -0.15) is 11.8 Å².